The zero-order valence-corrected chi connectivity index (χ0v) is 13.1. The van der Waals surface area contributed by atoms with Gasteiger partial charge in [-0.3, -0.25) is 4.79 Å². The summed E-state index contributed by atoms with van der Waals surface area (Å²) in [5.74, 6) is -0.391. The number of halogens is 2. The first-order valence-electron chi connectivity index (χ1n) is 5.62. The van der Waals surface area contributed by atoms with Gasteiger partial charge in [0.1, 0.15) is 6.04 Å². The molecular formula is C13H16BrClN2O2. The van der Waals surface area contributed by atoms with Gasteiger partial charge in [0.15, 0.2) is 0 Å². The molecule has 0 amide bonds. The topological polar surface area (TPSA) is 68.1 Å². The van der Waals surface area contributed by atoms with E-state index in [-0.39, 0.29) is 12.4 Å². The highest BCUT2D eigenvalue weighted by atomic mass is 79.9. The van der Waals surface area contributed by atoms with E-state index in [1.807, 2.05) is 19.2 Å². The largest absolute Gasteiger partial charge is 0.468 e. The third-order valence-electron chi connectivity index (χ3n) is 2.99. The predicted molar refractivity (Wildman–Crippen MR) is 81.7 cm³/mol. The number of aryl methyl sites for hydroxylation is 1. The van der Waals surface area contributed by atoms with Crippen LogP contribution in [0.3, 0.4) is 0 Å². The molecule has 1 aromatic heterocycles. The van der Waals surface area contributed by atoms with Gasteiger partial charge in [-0.25, -0.2) is 0 Å². The number of hydrogen-bond acceptors (Lipinski definition) is 3. The number of benzene rings is 1. The van der Waals surface area contributed by atoms with Crippen molar-refractivity contribution in [2.24, 2.45) is 5.73 Å². The van der Waals surface area contributed by atoms with Gasteiger partial charge >= 0.3 is 5.97 Å². The van der Waals surface area contributed by atoms with Crippen molar-refractivity contribution in [3.05, 3.63) is 33.9 Å². The van der Waals surface area contributed by atoms with Crippen LogP contribution in [0.15, 0.2) is 22.8 Å². The summed E-state index contributed by atoms with van der Waals surface area (Å²) in [7, 11) is 1.35. The van der Waals surface area contributed by atoms with Gasteiger partial charge in [0, 0.05) is 28.0 Å². The molecule has 1 unspecified atom stereocenters. The lowest BCUT2D eigenvalue weighted by molar-refractivity contribution is -0.142. The lowest BCUT2D eigenvalue weighted by Gasteiger charge is -2.08. The molecule has 6 heteroatoms. The molecule has 2 aromatic rings. The normalized spacial score (nSPS) is 12.0. The van der Waals surface area contributed by atoms with Gasteiger partial charge in [-0.2, -0.15) is 0 Å². The van der Waals surface area contributed by atoms with E-state index in [0.29, 0.717) is 6.42 Å². The average Bonchev–Trinajstić information content (AvgIpc) is 2.71. The number of carbonyl (C=O) groups excluding carboxylic acids is 1. The first-order chi connectivity index (χ1) is 8.52. The molecule has 1 atom stereocenters. The van der Waals surface area contributed by atoms with Crippen molar-refractivity contribution in [3.63, 3.8) is 0 Å². The summed E-state index contributed by atoms with van der Waals surface area (Å²) >= 11 is 3.49. The van der Waals surface area contributed by atoms with Crippen LogP contribution in [0.5, 0.6) is 0 Å². The minimum Gasteiger partial charge on any atom is -0.468 e. The molecule has 0 spiro atoms. The van der Waals surface area contributed by atoms with Crippen LogP contribution in [-0.4, -0.2) is 24.1 Å². The van der Waals surface area contributed by atoms with Crippen molar-refractivity contribution >= 4 is 45.2 Å². The van der Waals surface area contributed by atoms with E-state index >= 15 is 0 Å². The molecule has 0 aliphatic carbocycles. The fourth-order valence-electron chi connectivity index (χ4n) is 1.95. The first-order valence-corrected chi connectivity index (χ1v) is 6.41. The third kappa shape index (κ3) is 3.29. The molecule has 3 N–H and O–H groups in total. The monoisotopic (exact) mass is 346 g/mol. The molecule has 0 saturated carbocycles. The number of H-pyrrole nitrogens is 1. The average molecular weight is 348 g/mol. The minimum absolute atomic E-state index is 0. The smallest absolute Gasteiger partial charge is 0.322 e. The molecule has 2 rings (SSSR count). The number of ether oxygens (including phenoxy) is 1. The third-order valence-corrected chi connectivity index (χ3v) is 3.84. The molecule has 0 saturated heterocycles. The number of aromatic nitrogens is 1. The Kier molecular flexibility index (Phi) is 5.40. The van der Waals surface area contributed by atoms with Gasteiger partial charge < -0.3 is 15.5 Å². The van der Waals surface area contributed by atoms with Crippen LogP contribution in [-0.2, 0) is 16.0 Å². The molecule has 0 bridgehead atoms. The lowest BCUT2D eigenvalue weighted by Crippen LogP contribution is -2.33. The van der Waals surface area contributed by atoms with E-state index in [0.717, 1.165) is 26.5 Å². The lowest BCUT2D eigenvalue weighted by atomic mass is 10.0. The summed E-state index contributed by atoms with van der Waals surface area (Å²) < 4.78 is 5.69. The van der Waals surface area contributed by atoms with E-state index in [2.05, 4.69) is 31.7 Å². The van der Waals surface area contributed by atoms with Gasteiger partial charge in [-0.05, 0) is 30.2 Å². The molecule has 0 aliphatic heterocycles. The second-order valence-electron chi connectivity index (χ2n) is 4.29. The summed E-state index contributed by atoms with van der Waals surface area (Å²) in [4.78, 5) is 14.5. The maximum atomic E-state index is 11.3. The highest BCUT2D eigenvalue weighted by Gasteiger charge is 2.16. The van der Waals surface area contributed by atoms with Crippen molar-refractivity contribution in [1.82, 2.24) is 4.98 Å². The Bertz CT molecular complexity index is 598. The van der Waals surface area contributed by atoms with Crippen molar-refractivity contribution < 1.29 is 9.53 Å². The van der Waals surface area contributed by atoms with E-state index in [9.17, 15) is 4.79 Å². The van der Waals surface area contributed by atoms with Gasteiger partial charge in [0.2, 0.25) is 0 Å². The molecule has 0 fully saturated rings. The zero-order valence-electron chi connectivity index (χ0n) is 10.7. The SMILES string of the molecule is COC(=O)C(N)Cc1c[nH]c2cc(Br)c(C)cc12.Cl. The number of fused-ring (bicyclic) bond motifs is 1. The Morgan fingerprint density at radius 1 is 1.53 bits per heavy atom. The molecule has 104 valence electrons. The fraction of sp³-hybridized carbons (Fsp3) is 0.308. The number of rotatable bonds is 3. The number of nitrogens with one attached hydrogen (secondary N) is 1. The number of nitrogens with two attached hydrogens (primary N) is 1. The van der Waals surface area contributed by atoms with Crippen molar-refractivity contribution in [2.75, 3.05) is 7.11 Å². The Hall–Kier alpha value is -1.04. The van der Waals surface area contributed by atoms with Gasteiger partial charge in [0.05, 0.1) is 7.11 Å². The number of methoxy groups -OCH3 is 1. The summed E-state index contributed by atoms with van der Waals surface area (Å²) in [6.07, 6.45) is 2.35. The highest BCUT2D eigenvalue weighted by molar-refractivity contribution is 9.10. The van der Waals surface area contributed by atoms with E-state index in [1.165, 1.54) is 7.11 Å². The molecule has 4 nitrogen and oxygen atoms in total. The van der Waals surface area contributed by atoms with Crippen molar-refractivity contribution in [3.8, 4) is 0 Å². The van der Waals surface area contributed by atoms with Crippen LogP contribution in [0.2, 0.25) is 0 Å². The maximum absolute atomic E-state index is 11.3. The zero-order chi connectivity index (χ0) is 13.3. The van der Waals surface area contributed by atoms with Gasteiger partial charge in [0.25, 0.3) is 0 Å². The summed E-state index contributed by atoms with van der Waals surface area (Å²) in [5.41, 5.74) is 8.98. The number of hydrogen-bond donors (Lipinski definition) is 2. The second kappa shape index (κ2) is 6.41. The Balaban J connectivity index is 0.00000180. The van der Waals surface area contributed by atoms with Crippen molar-refractivity contribution in [1.29, 1.82) is 0 Å². The molecule has 0 aliphatic rings. The minimum atomic E-state index is -0.627. The molecular weight excluding hydrogens is 332 g/mol. The van der Waals surface area contributed by atoms with Crippen LogP contribution in [0.1, 0.15) is 11.1 Å². The Labute approximate surface area is 126 Å². The van der Waals surface area contributed by atoms with E-state index < -0.39 is 12.0 Å². The maximum Gasteiger partial charge on any atom is 0.322 e. The Morgan fingerprint density at radius 2 is 2.21 bits per heavy atom. The molecule has 0 radical (unpaired) electrons. The van der Waals surface area contributed by atoms with Gasteiger partial charge in [-0.1, -0.05) is 15.9 Å². The summed E-state index contributed by atoms with van der Waals surface area (Å²) in [5, 5.41) is 1.09. The quantitative estimate of drug-likeness (QED) is 0.839. The van der Waals surface area contributed by atoms with Crippen LogP contribution in [0.4, 0.5) is 0 Å². The summed E-state index contributed by atoms with van der Waals surface area (Å²) in [6, 6.07) is 3.48. The van der Waals surface area contributed by atoms with Crippen LogP contribution >= 0.6 is 28.3 Å². The highest BCUT2D eigenvalue weighted by Crippen LogP contribution is 2.26. The second-order valence-corrected chi connectivity index (χ2v) is 5.15. The number of aromatic amines is 1. The summed E-state index contributed by atoms with van der Waals surface area (Å²) in [6.45, 7) is 2.03. The van der Waals surface area contributed by atoms with Crippen LogP contribution < -0.4 is 5.73 Å². The van der Waals surface area contributed by atoms with E-state index in [4.69, 9.17) is 5.73 Å². The van der Waals surface area contributed by atoms with E-state index in [1.54, 1.807) is 0 Å². The number of esters is 1. The standard InChI is InChI=1S/C13H15BrN2O2.ClH/c1-7-3-9-8(4-11(15)13(17)18-2)6-16-12(9)5-10(7)14;/h3,5-6,11,16H,4,15H2,1-2H3;1H. The molecule has 1 aromatic carbocycles. The molecule has 1 heterocycles. The van der Waals surface area contributed by atoms with Crippen molar-refractivity contribution in [2.45, 2.75) is 19.4 Å². The number of carbonyl (C=O) groups is 1. The molecule has 19 heavy (non-hydrogen) atoms. The van der Waals surface area contributed by atoms with Crippen LogP contribution in [0.25, 0.3) is 10.9 Å². The predicted octanol–water partition coefficient (Wildman–Crippen LogP) is 2.70. The van der Waals surface area contributed by atoms with Crippen LogP contribution in [0, 0.1) is 6.92 Å². The fourth-order valence-corrected chi connectivity index (χ4v) is 2.29. The Morgan fingerprint density at radius 3 is 2.84 bits per heavy atom. The van der Waals surface area contributed by atoms with Gasteiger partial charge in [-0.15, -0.1) is 12.4 Å². The first kappa shape index (κ1) is 16.0.